The minimum Gasteiger partial charge on any atom is -0.445 e. The van der Waals surface area contributed by atoms with Crippen molar-refractivity contribution in [3.63, 3.8) is 0 Å². The van der Waals surface area contributed by atoms with Gasteiger partial charge < -0.3 is 4.74 Å². The Bertz CT molecular complexity index is 522. The molecule has 0 aliphatic heterocycles. The van der Waals surface area contributed by atoms with Gasteiger partial charge in [-0.15, -0.1) is 0 Å². The van der Waals surface area contributed by atoms with Crippen LogP contribution in [0.4, 0.5) is 4.39 Å². The highest BCUT2D eigenvalue weighted by atomic mass is 19.1. The van der Waals surface area contributed by atoms with Crippen LogP contribution in [-0.4, -0.2) is 11.8 Å². The molecule has 3 rings (SSSR count). The lowest BCUT2D eigenvalue weighted by Gasteiger charge is -2.08. The number of pyridine rings is 1. The maximum atomic E-state index is 12.2. The molecule has 1 aromatic heterocycles. The van der Waals surface area contributed by atoms with E-state index >= 15 is 0 Å². The Morgan fingerprint density at radius 2 is 2.00 bits per heavy atom. The van der Waals surface area contributed by atoms with Gasteiger partial charge >= 0.3 is 0 Å². The second kappa shape index (κ2) is 3.74. The lowest BCUT2D eigenvalue weighted by molar-refractivity contribution is 0.187. The van der Waals surface area contributed by atoms with Crippen LogP contribution in [0.5, 0.6) is 5.88 Å². The number of fused-ring (bicyclic) bond motifs is 1. The topological polar surface area (TPSA) is 22.1 Å². The molecular formula is C13H12FNO. The molecule has 1 aliphatic rings. The van der Waals surface area contributed by atoms with E-state index in [2.05, 4.69) is 11.1 Å². The molecule has 0 N–H and O–H groups in total. The van der Waals surface area contributed by atoms with E-state index in [1.54, 1.807) is 0 Å². The first kappa shape index (κ1) is 9.58. The predicted octanol–water partition coefficient (Wildman–Crippen LogP) is 3.42. The molecule has 2 aromatic rings. The van der Waals surface area contributed by atoms with Crippen LogP contribution in [0.3, 0.4) is 0 Å². The second-order valence-corrected chi connectivity index (χ2v) is 4.09. The molecule has 0 saturated heterocycles. The van der Waals surface area contributed by atoms with Crippen LogP contribution < -0.4 is 4.74 Å². The van der Waals surface area contributed by atoms with Gasteiger partial charge in [0.25, 0.3) is 0 Å². The maximum Gasteiger partial charge on any atom is 0.230 e. The van der Waals surface area contributed by atoms with Crippen LogP contribution in [-0.2, 0) is 0 Å². The van der Waals surface area contributed by atoms with E-state index in [1.165, 1.54) is 18.4 Å². The van der Waals surface area contributed by atoms with Crippen LogP contribution in [0.15, 0.2) is 30.5 Å². The zero-order valence-electron chi connectivity index (χ0n) is 8.82. The van der Waals surface area contributed by atoms with E-state index in [4.69, 9.17) is 4.74 Å². The minimum absolute atomic E-state index is 0.391. The summed E-state index contributed by atoms with van der Waals surface area (Å²) < 4.78 is 17.1. The molecule has 1 aromatic carbocycles. The standard InChI is InChI=1S/C13H12FNO/c14-8-16-13-11-4-2-1-3-10(11)12(7-15-13)9-5-6-9/h1-4,7,9H,5-6,8H2. The molecule has 0 unspecified atom stereocenters. The Labute approximate surface area is 93.1 Å². The molecule has 82 valence electrons. The SMILES string of the molecule is FCOc1ncc(C2CC2)c2ccccc12. The first-order valence-electron chi connectivity index (χ1n) is 5.46. The summed E-state index contributed by atoms with van der Waals surface area (Å²) in [6.07, 6.45) is 4.29. The number of aromatic nitrogens is 1. The number of alkyl halides is 1. The van der Waals surface area contributed by atoms with Crippen molar-refractivity contribution < 1.29 is 9.13 Å². The molecular weight excluding hydrogens is 205 g/mol. The summed E-state index contributed by atoms with van der Waals surface area (Å²) in [6, 6.07) is 7.90. The Kier molecular flexibility index (Phi) is 2.24. The van der Waals surface area contributed by atoms with Crippen molar-refractivity contribution in [3.05, 3.63) is 36.0 Å². The highest BCUT2D eigenvalue weighted by Crippen LogP contribution is 2.43. The fourth-order valence-electron chi connectivity index (χ4n) is 2.07. The van der Waals surface area contributed by atoms with Crippen molar-refractivity contribution in [3.8, 4) is 5.88 Å². The monoisotopic (exact) mass is 217 g/mol. The van der Waals surface area contributed by atoms with E-state index in [0.717, 1.165) is 10.8 Å². The normalized spacial score (nSPS) is 15.3. The molecule has 1 heterocycles. The smallest absolute Gasteiger partial charge is 0.230 e. The van der Waals surface area contributed by atoms with Crippen molar-refractivity contribution in [2.45, 2.75) is 18.8 Å². The van der Waals surface area contributed by atoms with E-state index in [9.17, 15) is 4.39 Å². The summed E-state index contributed by atoms with van der Waals surface area (Å²) in [6.45, 7) is -0.834. The highest BCUT2D eigenvalue weighted by Gasteiger charge is 2.26. The summed E-state index contributed by atoms with van der Waals surface area (Å²) in [5, 5.41) is 2.05. The van der Waals surface area contributed by atoms with Gasteiger partial charge in [0, 0.05) is 11.6 Å². The molecule has 16 heavy (non-hydrogen) atoms. The fourth-order valence-corrected chi connectivity index (χ4v) is 2.07. The lowest BCUT2D eigenvalue weighted by Crippen LogP contribution is -1.96. The van der Waals surface area contributed by atoms with Crippen molar-refractivity contribution in [1.29, 1.82) is 0 Å². The van der Waals surface area contributed by atoms with Crippen LogP contribution in [0.25, 0.3) is 10.8 Å². The Hall–Kier alpha value is -1.64. The van der Waals surface area contributed by atoms with Gasteiger partial charge in [-0.2, -0.15) is 0 Å². The molecule has 0 atom stereocenters. The number of hydrogen-bond acceptors (Lipinski definition) is 2. The molecule has 0 bridgehead atoms. The van der Waals surface area contributed by atoms with Gasteiger partial charge in [-0.25, -0.2) is 9.37 Å². The third kappa shape index (κ3) is 1.52. The van der Waals surface area contributed by atoms with Crippen LogP contribution in [0, 0.1) is 0 Å². The van der Waals surface area contributed by atoms with Crippen molar-refractivity contribution in [1.82, 2.24) is 4.98 Å². The van der Waals surface area contributed by atoms with Crippen LogP contribution >= 0.6 is 0 Å². The molecule has 3 heteroatoms. The summed E-state index contributed by atoms with van der Waals surface area (Å²) in [5.74, 6) is 1.03. The number of ether oxygens (including phenoxy) is 1. The first-order chi connectivity index (χ1) is 7.90. The average Bonchev–Trinajstić information content (AvgIpc) is 3.14. The Balaban J connectivity index is 2.20. The number of rotatable bonds is 3. The van der Waals surface area contributed by atoms with Gasteiger partial charge in [-0.05, 0) is 35.8 Å². The van der Waals surface area contributed by atoms with E-state index in [-0.39, 0.29) is 0 Å². The number of benzene rings is 1. The third-order valence-electron chi connectivity index (χ3n) is 3.00. The molecule has 1 fully saturated rings. The van der Waals surface area contributed by atoms with Gasteiger partial charge in [0.15, 0.2) is 0 Å². The Morgan fingerprint density at radius 1 is 1.25 bits per heavy atom. The van der Waals surface area contributed by atoms with Gasteiger partial charge in [-0.3, -0.25) is 0 Å². The summed E-state index contributed by atoms with van der Waals surface area (Å²) in [4.78, 5) is 4.20. The van der Waals surface area contributed by atoms with Gasteiger partial charge in [-0.1, -0.05) is 18.2 Å². The highest BCUT2D eigenvalue weighted by molar-refractivity contribution is 5.90. The summed E-state index contributed by atoms with van der Waals surface area (Å²) in [5.41, 5.74) is 1.27. The lowest BCUT2D eigenvalue weighted by atomic mass is 10.0. The van der Waals surface area contributed by atoms with E-state index < -0.39 is 6.86 Å². The third-order valence-corrected chi connectivity index (χ3v) is 3.00. The van der Waals surface area contributed by atoms with Crippen molar-refractivity contribution in [2.75, 3.05) is 6.86 Å². The fraction of sp³-hybridized carbons (Fsp3) is 0.308. The number of nitrogens with zero attached hydrogens (tertiary/aromatic N) is 1. The molecule has 0 radical (unpaired) electrons. The molecule has 0 amide bonds. The molecule has 0 spiro atoms. The minimum atomic E-state index is -0.834. The maximum absolute atomic E-state index is 12.2. The van der Waals surface area contributed by atoms with Crippen LogP contribution in [0.2, 0.25) is 0 Å². The van der Waals surface area contributed by atoms with Crippen molar-refractivity contribution >= 4 is 10.8 Å². The van der Waals surface area contributed by atoms with Crippen LogP contribution in [0.1, 0.15) is 24.3 Å². The zero-order chi connectivity index (χ0) is 11.0. The summed E-state index contributed by atoms with van der Waals surface area (Å²) in [7, 11) is 0. The first-order valence-corrected chi connectivity index (χ1v) is 5.46. The quantitative estimate of drug-likeness (QED) is 0.785. The predicted molar refractivity (Wildman–Crippen MR) is 60.3 cm³/mol. The molecule has 1 aliphatic carbocycles. The summed E-state index contributed by atoms with van der Waals surface area (Å²) >= 11 is 0. The van der Waals surface area contributed by atoms with Gasteiger partial charge in [0.05, 0.1) is 0 Å². The zero-order valence-corrected chi connectivity index (χ0v) is 8.82. The average molecular weight is 217 g/mol. The van der Waals surface area contributed by atoms with E-state index in [0.29, 0.717) is 11.8 Å². The molecule has 2 nitrogen and oxygen atoms in total. The molecule has 1 saturated carbocycles. The Morgan fingerprint density at radius 3 is 2.69 bits per heavy atom. The van der Waals surface area contributed by atoms with Gasteiger partial charge in [0.1, 0.15) is 0 Å². The van der Waals surface area contributed by atoms with E-state index in [1.807, 2.05) is 24.4 Å². The largest absolute Gasteiger partial charge is 0.445 e. The van der Waals surface area contributed by atoms with Gasteiger partial charge in [0.2, 0.25) is 12.7 Å². The number of hydrogen-bond donors (Lipinski definition) is 0. The second-order valence-electron chi connectivity index (χ2n) is 4.09. The number of halogens is 1. The van der Waals surface area contributed by atoms with Crippen molar-refractivity contribution in [2.24, 2.45) is 0 Å².